The van der Waals surface area contributed by atoms with Gasteiger partial charge in [0, 0.05) is 22.7 Å². The van der Waals surface area contributed by atoms with Crippen molar-refractivity contribution < 1.29 is 4.79 Å². The van der Waals surface area contributed by atoms with Crippen molar-refractivity contribution in [3.05, 3.63) is 56.9 Å². The number of amides is 1. The van der Waals surface area contributed by atoms with Gasteiger partial charge in [0.2, 0.25) is 5.82 Å². The highest BCUT2D eigenvalue weighted by Crippen LogP contribution is 2.15. The first kappa shape index (κ1) is 16.2. The van der Waals surface area contributed by atoms with Gasteiger partial charge in [-0.3, -0.25) is 14.6 Å². The second kappa shape index (κ2) is 6.83. The Bertz CT molecular complexity index is 1050. The molecule has 1 atom stereocenters. The maximum Gasteiger partial charge on any atom is 0.342 e. The first-order valence-corrected chi connectivity index (χ1v) is 7.39. The Kier molecular flexibility index (Phi) is 4.42. The molecular formula is C15H15N7O3. The molecule has 10 heteroatoms. The van der Waals surface area contributed by atoms with E-state index < -0.39 is 23.2 Å². The Morgan fingerprint density at radius 3 is 2.92 bits per heavy atom. The van der Waals surface area contributed by atoms with E-state index in [9.17, 15) is 14.4 Å². The summed E-state index contributed by atoms with van der Waals surface area (Å²) in [6.45, 7) is 1.53. The summed E-state index contributed by atoms with van der Waals surface area (Å²) in [4.78, 5) is 39.6. The van der Waals surface area contributed by atoms with Crippen molar-refractivity contribution in [2.24, 2.45) is 5.10 Å². The molecule has 0 saturated heterocycles. The number of hydrazone groups is 1. The molecule has 128 valence electrons. The van der Waals surface area contributed by atoms with Crippen LogP contribution in [-0.2, 0) is 4.79 Å². The number of fused-ring (bicyclic) bond motifs is 1. The van der Waals surface area contributed by atoms with Gasteiger partial charge >= 0.3 is 5.69 Å². The molecule has 0 bridgehead atoms. The molecule has 2 aromatic heterocycles. The number of aromatic nitrogens is 4. The highest BCUT2D eigenvalue weighted by Gasteiger charge is 2.14. The molecule has 25 heavy (non-hydrogen) atoms. The standard InChI is InChI=1S/C15H15N7O3/c1-8(18-12-14(24)19-15(25)22-20-12)13(23)21-17-7-9-6-16-11-5-3-2-4-10(9)11/h2-8,16H,1H3,(H,18,20)(H,21,23)(H2,19,22,24,25)/b17-7-/t8-/m0/s1. The van der Waals surface area contributed by atoms with Gasteiger partial charge in [0.25, 0.3) is 11.5 Å². The van der Waals surface area contributed by atoms with Gasteiger partial charge < -0.3 is 10.3 Å². The third kappa shape index (κ3) is 3.63. The zero-order chi connectivity index (χ0) is 17.8. The summed E-state index contributed by atoms with van der Waals surface area (Å²) in [5, 5.41) is 13.1. The maximum atomic E-state index is 12.0. The minimum Gasteiger partial charge on any atom is -0.361 e. The average Bonchev–Trinajstić information content (AvgIpc) is 3.00. The number of nitrogens with one attached hydrogen (secondary N) is 5. The Labute approximate surface area is 140 Å². The zero-order valence-electron chi connectivity index (χ0n) is 13.2. The molecule has 3 rings (SSSR count). The van der Waals surface area contributed by atoms with E-state index in [1.54, 1.807) is 6.20 Å². The smallest absolute Gasteiger partial charge is 0.342 e. The third-order valence-electron chi connectivity index (χ3n) is 3.46. The summed E-state index contributed by atoms with van der Waals surface area (Å²) in [6.07, 6.45) is 3.31. The van der Waals surface area contributed by atoms with Gasteiger partial charge in [-0.2, -0.15) is 5.10 Å². The number of carbonyl (C=O) groups is 1. The molecule has 5 N–H and O–H groups in total. The van der Waals surface area contributed by atoms with Crippen LogP contribution < -0.4 is 22.0 Å². The summed E-state index contributed by atoms with van der Waals surface area (Å²) in [5.74, 6) is -0.633. The maximum absolute atomic E-state index is 12.0. The molecule has 2 heterocycles. The lowest BCUT2D eigenvalue weighted by atomic mass is 10.2. The number of para-hydroxylation sites is 1. The van der Waals surface area contributed by atoms with E-state index in [0.29, 0.717) is 0 Å². The summed E-state index contributed by atoms with van der Waals surface area (Å²) >= 11 is 0. The molecule has 0 aliphatic heterocycles. The minimum atomic E-state index is -0.792. The van der Waals surface area contributed by atoms with Crippen LogP contribution in [0.25, 0.3) is 10.9 Å². The van der Waals surface area contributed by atoms with Crippen molar-refractivity contribution >= 4 is 28.8 Å². The summed E-state index contributed by atoms with van der Waals surface area (Å²) in [7, 11) is 0. The molecule has 0 aliphatic rings. The van der Waals surface area contributed by atoms with E-state index in [0.717, 1.165) is 16.5 Å². The number of nitrogens with zero attached hydrogens (tertiary/aromatic N) is 2. The van der Waals surface area contributed by atoms with Crippen molar-refractivity contribution in [2.75, 3.05) is 5.32 Å². The van der Waals surface area contributed by atoms with Crippen LogP contribution in [-0.4, -0.2) is 38.3 Å². The van der Waals surface area contributed by atoms with Gasteiger partial charge in [-0.15, -0.1) is 5.10 Å². The predicted octanol–water partition coefficient (Wildman–Crippen LogP) is -0.110. The molecule has 0 aliphatic carbocycles. The van der Waals surface area contributed by atoms with Crippen LogP contribution in [0.4, 0.5) is 5.82 Å². The van der Waals surface area contributed by atoms with E-state index >= 15 is 0 Å². The molecule has 0 fully saturated rings. The lowest BCUT2D eigenvalue weighted by Crippen LogP contribution is -2.38. The van der Waals surface area contributed by atoms with Crippen LogP contribution >= 0.6 is 0 Å². The highest BCUT2D eigenvalue weighted by atomic mass is 16.2. The summed E-state index contributed by atoms with van der Waals surface area (Å²) in [6, 6.07) is 6.91. The molecule has 0 unspecified atom stereocenters. The fourth-order valence-electron chi connectivity index (χ4n) is 2.18. The minimum absolute atomic E-state index is 0.164. The first-order valence-electron chi connectivity index (χ1n) is 7.39. The Hall–Kier alpha value is -3.69. The molecule has 10 nitrogen and oxygen atoms in total. The van der Waals surface area contributed by atoms with E-state index in [4.69, 9.17) is 0 Å². The van der Waals surface area contributed by atoms with Crippen molar-refractivity contribution in [1.29, 1.82) is 0 Å². The lowest BCUT2D eigenvalue weighted by Gasteiger charge is -2.11. The highest BCUT2D eigenvalue weighted by molar-refractivity contribution is 5.99. The first-order chi connectivity index (χ1) is 12.0. The van der Waals surface area contributed by atoms with E-state index in [-0.39, 0.29) is 5.82 Å². The van der Waals surface area contributed by atoms with Gasteiger partial charge in [0.15, 0.2) is 0 Å². The van der Waals surface area contributed by atoms with Crippen LogP contribution in [0.2, 0.25) is 0 Å². The monoisotopic (exact) mass is 341 g/mol. The van der Waals surface area contributed by atoms with E-state index in [1.807, 2.05) is 29.2 Å². The number of anilines is 1. The number of benzene rings is 1. The van der Waals surface area contributed by atoms with Crippen LogP contribution in [0.5, 0.6) is 0 Å². The van der Waals surface area contributed by atoms with Crippen LogP contribution in [0.3, 0.4) is 0 Å². The summed E-state index contributed by atoms with van der Waals surface area (Å²) < 4.78 is 0. The van der Waals surface area contributed by atoms with Crippen LogP contribution in [0, 0.1) is 0 Å². The number of rotatable bonds is 5. The fourth-order valence-corrected chi connectivity index (χ4v) is 2.18. The largest absolute Gasteiger partial charge is 0.361 e. The molecule has 1 aromatic carbocycles. The van der Waals surface area contributed by atoms with Gasteiger partial charge in [0.1, 0.15) is 6.04 Å². The van der Waals surface area contributed by atoms with Crippen molar-refractivity contribution in [3.63, 3.8) is 0 Å². The van der Waals surface area contributed by atoms with Crippen molar-refractivity contribution in [2.45, 2.75) is 13.0 Å². The average molecular weight is 341 g/mol. The van der Waals surface area contributed by atoms with E-state index in [1.165, 1.54) is 13.1 Å². The predicted molar refractivity (Wildman–Crippen MR) is 92.6 cm³/mol. The van der Waals surface area contributed by atoms with E-state index in [2.05, 4.69) is 31.0 Å². The van der Waals surface area contributed by atoms with Crippen molar-refractivity contribution in [3.8, 4) is 0 Å². The number of aromatic amines is 3. The molecular weight excluding hydrogens is 326 g/mol. The van der Waals surface area contributed by atoms with Gasteiger partial charge in [-0.05, 0) is 13.0 Å². The second-order valence-electron chi connectivity index (χ2n) is 5.25. The molecule has 3 aromatic rings. The lowest BCUT2D eigenvalue weighted by molar-refractivity contribution is -0.121. The normalized spacial score (nSPS) is 12.4. The Morgan fingerprint density at radius 2 is 2.12 bits per heavy atom. The van der Waals surface area contributed by atoms with Crippen LogP contribution in [0.15, 0.2) is 45.2 Å². The molecule has 0 saturated carbocycles. The van der Waals surface area contributed by atoms with Crippen LogP contribution in [0.1, 0.15) is 12.5 Å². The second-order valence-corrected chi connectivity index (χ2v) is 5.25. The molecule has 1 amide bonds. The Balaban J connectivity index is 1.63. The molecule has 0 spiro atoms. The number of H-pyrrole nitrogens is 3. The number of carbonyl (C=O) groups excluding carboxylic acids is 1. The topological polar surface area (TPSA) is 148 Å². The Morgan fingerprint density at radius 1 is 1.32 bits per heavy atom. The van der Waals surface area contributed by atoms with Crippen molar-refractivity contribution in [1.82, 2.24) is 25.6 Å². The van der Waals surface area contributed by atoms with Gasteiger partial charge in [-0.1, -0.05) is 18.2 Å². The molecule has 0 radical (unpaired) electrons. The fraction of sp³-hybridized carbons (Fsp3) is 0.133. The van der Waals surface area contributed by atoms with Gasteiger partial charge in [-0.25, -0.2) is 15.3 Å². The SMILES string of the molecule is C[C@H](Nc1n[nH]c(=O)[nH]c1=O)C(=O)N/N=C\c1c[nH]c2ccccc12. The quantitative estimate of drug-likeness (QED) is 0.324. The summed E-state index contributed by atoms with van der Waals surface area (Å²) in [5.41, 5.74) is 2.73. The zero-order valence-corrected chi connectivity index (χ0v) is 13.2. The number of hydrogen-bond acceptors (Lipinski definition) is 6. The third-order valence-corrected chi connectivity index (χ3v) is 3.46. The number of hydrogen-bond donors (Lipinski definition) is 5. The van der Waals surface area contributed by atoms with Gasteiger partial charge in [0.05, 0.1) is 6.21 Å².